The van der Waals surface area contributed by atoms with Crippen LogP contribution >= 0.6 is 11.6 Å². The Hall–Kier alpha value is -2.53. The minimum atomic E-state index is -0.356. The molecule has 1 heterocycles. The van der Waals surface area contributed by atoms with Crippen molar-refractivity contribution in [1.29, 1.82) is 0 Å². The molecule has 0 bridgehead atoms. The number of halogens is 1. The number of nitrogens with zero attached hydrogens (tertiary/aromatic N) is 1. The fourth-order valence-corrected chi connectivity index (χ4v) is 3.91. The van der Waals surface area contributed by atoms with E-state index in [0.29, 0.717) is 35.2 Å². The number of amides is 1. The lowest BCUT2D eigenvalue weighted by atomic mass is 10.0. The van der Waals surface area contributed by atoms with Gasteiger partial charge in [-0.3, -0.25) is 4.79 Å². The first-order chi connectivity index (χ1) is 14.0. The van der Waals surface area contributed by atoms with Crippen molar-refractivity contribution in [2.24, 2.45) is 0 Å². The number of benzene rings is 2. The van der Waals surface area contributed by atoms with E-state index in [1.165, 1.54) is 13.5 Å². The summed E-state index contributed by atoms with van der Waals surface area (Å²) < 4.78 is 4.71. The second-order valence-electron chi connectivity index (χ2n) is 7.39. The summed E-state index contributed by atoms with van der Waals surface area (Å²) in [6.45, 7) is 3.65. The SMILES string of the molecule is COC(=O)c1ccc(CCNC(=O)c2cc(Cl)ccc2N2CCCCC2C)cc1. The zero-order valence-corrected chi connectivity index (χ0v) is 17.7. The summed E-state index contributed by atoms with van der Waals surface area (Å²) in [7, 11) is 1.36. The molecular formula is C23H27ClN2O3. The fraction of sp³-hybridized carbons (Fsp3) is 0.391. The standard InChI is InChI=1S/C23H27ClN2O3/c1-16-5-3-4-14-26(16)21-11-10-19(24)15-20(21)22(27)25-13-12-17-6-8-18(9-7-17)23(28)29-2/h6-11,15-16H,3-5,12-14H2,1-2H3,(H,25,27). The zero-order chi connectivity index (χ0) is 20.8. The molecule has 1 aliphatic rings. The van der Waals surface area contributed by atoms with Crippen LogP contribution in [0.5, 0.6) is 0 Å². The quantitative estimate of drug-likeness (QED) is 0.708. The minimum absolute atomic E-state index is 0.119. The van der Waals surface area contributed by atoms with Crippen molar-refractivity contribution in [1.82, 2.24) is 5.32 Å². The molecule has 5 nitrogen and oxygen atoms in total. The second kappa shape index (κ2) is 9.79. The summed E-state index contributed by atoms with van der Waals surface area (Å²) in [5, 5.41) is 3.56. The first-order valence-corrected chi connectivity index (χ1v) is 10.4. The van der Waals surface area contributed by atoms with Crippen molar-refractivity contribution < 1.29 is 14.3 Å². The summed E-state index contributed by atoms with van der Waals surface area (Å²) in [5.41, 5.74) is 3.11. The van der Waals surface area contributed by atoms with Crippen LogP contribution in [0.4, 0.5) is 5.69 Å². The molecule has 1 amide bonds. The highest BCUT2D eigenvalue weighted by Crippen LogP contribution is 2.30. The Morgan fingerprint density at radius 3 is 2.62 bits per heavy atom. The first-order valence-electron chi connectivity index (χ1n) is 10.0. The van der Waals surface area contributed by atoms with Crippen molar-refractivity contribution in [2.75, 3.05) is 25.1 Å². The maximum absolute atomic E-state index is 12.9. The molecule has 6 heteroatoms. The van der Waals surface area contributed by atoms with E-state index in [9.17, 15) is 9.59 Å². The van der Waals surface area contributed by atoms with Crippen LogP contribution in [0.2, 0.25) is 5.02 Å². The predicted molar refractivity (Wildman–Crippen MR) is 116 cm³/mol. The summed E-state index contributed by atoms with van der Waals surface area (Å²) in [6, 6.07) is 13.2. The number of hydrogen-bond donors (Lipinski definition) is 1. The number of carbonyl (C=O) groups is 2. The van der Waals surface area contributed by atoms with E-state index in [4.69, 9.17) is 16.3 Å². The molecule has 2 aromatic rings. The van der Waals surface area contributed by atoms with Crippen LogP contribution in [0.1, 0.15) is 52.5 Å². The molecule has 1 aliphatic heterocycles. The van der Waals surface area contributed by atoms with Gasteiger partial charge in [0.1, 0.15) is 0 Å². The fourth-order valence-electron chi connectivity index (χ4n) is 3.74. The van der Waals surface area contributed by atoms with Crippen LogP contribution in [-0.4, -0.2) is 38.1 Å². The lowest BCUT2D eigenvalue weighted by Gasteiger charge is -2.36. The molecule has 1 unspecified atom stereocenters. The molecule has 0 radical (unpaired) electrons. The van der Waals surface area contributed by atoms with Crippen molar-refractivity contribution in [2.45, 2.75) is 38.6 Å². The molecule has 2 aromatic carbocycles. The van der Waals surface area contributed by atoms with Crippen LogP contribution < -0.4 is 10.2 Å². The van der Waals surface area contributed by atoms with Gasteiger partial charge < -0.3 is 15.0 Å². The third-order valence-corrected chi connectivity index (χ3v) is 5.62. The molecule has 29 heavy (non-hydrogen) atoms. The largest absolute Gasteiger partial charge is 0.465 e. The van der Waals surface area contributed by atoms with E-state index in [1.807, 2.05) is 24.3 Å². The number of carbonyl (C=O) groups excluding carboxylic acids is 2. The molecule has 0 aliphatic carbocycles. The van der Waals surface area contributed by atoms with E-state index in [1.54, 1.807) is 18.2 Å². The van der Waals surface area contributed by atoms with Gasteiger partial charge in [0, 0.05) is 29.8 Å². The summed E-state index contributed by atoms with van der Waals surface area (Å²) in [4.78, 5) is 26.7. The Labute approximate surface area is 177 Å². The highest BCUT2D eigenvalue weighted by atomic mass is 35.5. The van der Waals surface area contributed by atoms with Gasteiger partial charge in [0.2, 0.25) is 0 Å². The summed E-state index contributed by atoms with van der Waals surface area (Å²) >= 11 is 6.18. The first kappa shape index (κ1) is 21.2. The van der Waals surface area contributed by atoms with Crippen LogP contribution in [0.15, 0.2) is 42.5 Å². The second-order valence-corrected chi connectivity index (χ2v) is 7.83. The van der Waals surface area contributed by atoms with Gasteiger partial charge in [-0.1, -0.05) is 23.7 Å². The van der Waals surface area contributed by atoms with Crippen LogP contribution in [-0.2, 0) is 11.2 Å². The molecule has 3 rings (SSSR count). The number of anilines is 1. The number of ether oxygens (including phenoxy) is 1. The topological polar surface area (TPSA) is 58.6 Å². The number of methoxy groups -OCH3 is 1. The number of rotatable bonds is 6. The third-order valence-electron chi connectivity index (χ3n) is 5.39. The van der Waals surface area contributed by atoms with Crippen molar-refractivity contribution in [3.63, 3.8) is 0 Å². The number of esters is 1. The average Bonchev–Trinajstić information content (AvgIpc) is 2.74. The van der Waals surface area contributed by atoms with Crippen LogP contribution in [0, 0.1) is 0 Å². The van der Waals surface area contributed by atoms with Crippen molar-refractivity contribution >= 4 is 29.2 Å². The van der Waals surface area contributed by atoms with E-state index in [2.05, 4.69) is 17.1 Å². The van der Waals surface area contributed by atoms with E-state index >= 15 is 0 Å². The van der Waals surface area contributed by atoms with Gasteiger partial charge in [-0.2, -0.15) is 0 Å². The van der Waals surface area contributed by atoms with Crippen LogP contribution in [0.3, 0.4) is 0 Å². The van der Waals surface area contributed by atoms with Crippen LogP contribution in [0.25, 0.3) is 0 Å². The van der Waals surface area contributed by atoms with Gasteiger partial charge in [-0.15, -0.1) is 0 Å². The van der Waals surface area contributed by atoms with Crippen molar-refractivity contribution in [3.8, 4) is 0 Å². The Bertz CT molecular complexity index is 867. The Morgan fingerprint density at radius 2 is 1.93 bits per heavy atom. The van der Waals surface area contributed by atoms with Gasteiger partial charge in [-0.25, -0.2) is 4.79 Å². The molecule has 1 fully saturated rings. The lowest BCUT2D eigenvalue weighted by molar-refractivity contribution is 0.0600. The smallest absolute Gasteiger partial charge is 0.337 e. The molecule has 1 saturated heterocycles. The third kappa shape index (κ3) is 5.30. The summed E-state index contributed by atoms with van der Waals surface area (Å²) in [6.07, 6.45) is 4.16. The van der Waals surface area contributed by atoms with E-state index < -0.39 is 0 Å². The van der Waals surface area contributed by atoms with Gasteiger partial charge >= 0.3 is 5.97 Å². The lowest BCUT2D eigenvalue weighted by Crippen LogP contribution is -2.39. The number of nitrogens with one attached hydrogen (secondary N) is 1. The minimum Gasteiger partial charge on any atom is -0.465 e. The number of piperidine rings is 1. The molecule has 1 N–H and O–H groups in total. The Morgan fingerprint density at radius 1 is 1.17 bits per heavy atom. The normalized spacial score (nSPS) is 16.4. The zero-order valence-electron chi connectivity index (χ0n) is 16.9. The average molecular weight is 415 g/mol. The maximum Gasteiger partial charge on any atom is 0.337 e. The number of hydrogen-bond acceptors (Lipinski definition) is 4. The molecular weight excluding hydrogens is 388 g/mol. The Kier molecular flexibility index (Phi) is 7.15. The monoisotopic (exact) mass is 414 g/mol. The molecule has 0 aromatic heterocycles. The predicted octanol–water partition coefficient (Wildman–Crippen LogP) is 4.48. The van der Waals surface area contributed by atoms with E-state index in [0.717, 1.165) is 30.6 Å². The van der Waals surface area contributed by atoms with Gasteiger partial charge in [0.15, 0.2) is 0 Å². The molecule has 1 atom stereocenters. The molecule has 154 valence electrons. The van der Waals surface area contributed by atoms with E-state index in [-0.39, 0.29) is 11.9 Å². The highest BCUT2D eigenvalue weighted by Gasteiger charge is 2.23. The molecule has 0 spiro atoms. The Balaban J connectivity index is 1.64. The van der Waals surface area contributed by atoms with Crippen molar-refractivity contribution in [3.05, 3.63) is 64.2 Å². The maximum atomic E-state index is 12.9. The molecule has 0 saturated carbocycles. The highest BCUT2D eigenvalue weighted by molar-refractivity contribution is 6.31. The summed E-state index contributed by atoms with van der Waals surface area (Å²) in [5.74, 6) is -0.475. The van der Waals surface area contributed by atoms with Gasteiger partial charge in [0.25, 0.3) is 5.91 Å². The van der Waals surface area contributed by atoms with Gasteiger partial charge in [0.05, 0.1) is 18.2 Å². The van der Waals surface area contributed by atoms with Gasteiger partial charge in [-0.05, 0) is 68.5 Å².